The van der Waals surface area contributed by atoms with Crippen molar-refractivity contribution in [3.63, 3.8) is 0 Å². The van der Waals surface area contributed by atoms with Crippen LogP contribution in [-0.4, -0.2) is 18.6 Å². The minimum absolute atomic E-state index is 0.298. The van der Waals surface area contributed by atoms with E-state index in [1.807, 2.05) is 13.8 Å². The number of benzene rings is 1. The van der Waals surface area contributed by atoms with Crippen LogP contribution in [0.2, 0.25) is 0 Å². The van der Waals surface area contributed by atoms with Gasteiger partial charge in [-0.2, -0.15) is 0 Å². The van der Waals surface area contributed by atoms with Gasteiger partial charge in [-0.25, -0.2) is 4.39 Å². The van der Waals surface area contributed by atoms with Crippen LogP contribution in [0.1, 0.15) is 26.3 Å². The molecule has 1 aromatic carbocycles. The van der Waals surface area contributed by atoms with Gasteiger partial charge >= 0.3 is 5.97 Å². The number of halogens is 1. The number of hydrogen-bond donors (Lipinski definition) is 1. The van der Waals surface area contributed by atoms with Crippen LogP contribution in [0.25, 0.3) is 0 Å². The average molecular weight is 239 g/mol. The number of esters is 1. The molecule has 2 N–H and O–H groups in total. The summed E-state index contributed by atoms with van der Waals surface area (Å²) < 4.78 is 17.7. The topological polar surface area (TPSA) is 52.3 Å². The summed E-state index contributed by atoms with van der Waals surface area (Å²) in [4.78, 5) is 11.6. The van der Waals surface area contributed by atoms with Crippen molar-refractivity contribution in [1.29, 1.82) is 0 Å². The average Bonchev–Trinajstić information content (AvgIpc) is 2.29. The molecule has 1 aromatic rings. The Morgan fingerprint density at radius 1 is 1.41 bits per heavy atom. The summed E-state index contributed by atoms with van der Waals surface area (Å²) in [5, 5.41) is 0. The molecule has 0 saturated heterocycles. The zero-order valence-electron chi connectivity index (χ0n) is 10.4. The number of nitrogens with two attached hydrogens (primary N) is 1. The van der Waals surface area contributed by atoms with E-state index in [0.717, 1.165) is 5.56 Å². The van der Waals surface area contributed by atoms with Crippen molar-refractivity contribution in [3.05, 3.63) is 35.6 Å². The highest BCUT2D eigenvalue weighted by atomic mass is 19.1. The molecule has 0 fully saturated rings. The van der Waals surface area contributed by atoms with Gasteiger partial charge in [-0.05, 0) is 24.6 Å². The van der Waals surface area contributed by atoms with E-state index in [1.54, 1.807) is 19.1 Å². The van der Waals surface area contributed by atoms with Crippen LogP contribution in [0.5, 0.6) is 0 Å². The molecule has 0 aliphatic heterocycles. The molecule has 3 nitrogen and oxygen atoms in total. The third-order valence-electron chi connectivity index (χ3n) is 2.91. The molecule has 4 heteroatoms. The first kappa shape index (κ1) is 13.6. The van der Waals surface area contributed by atoms with Gasteiger partial charge in [-0.3, -0.25) is 4.79 Å². The molecule has 0 saturated carbocycles. The maximum atomic E-state index is 12.8. The zero-order valence-corrected chi connectivity index (χ0v) is 10.4. The molecule has 1 atom stereocenters. The number of rotatable bonds is 4. The Labute approximate surface area is 101 Å². The van der Waals surface area contributed by atoms with Gasteiger partial charge in [0.1, 0.15) is 11.9 Å². The summed E-state index contributed by atoms with van der Waals surface area (Å²) in [6, 6.07) is 5.21. The van der Waals surface area contributed by atoms with Crippen LogP contribution in [-0.2, 0) is 14.9 Å². The van der Waals surface area contributed by atoms with E-state index in [4.69, 9.17) is 10.5 Å². The smallest absolute Gasteiger partial charge is 0.323 e. The van der Waals surface area contributed by atoms with E-state index in [-0.39, 0.29) is 5.82 Å². The summed E-state index contributed by atoms with van der Waals surface area (Å²) in [6.07, 6.45) is 0. The number of carbonyl (C=O) groups excluding carboxylic acids is 1. The van der Waals surface area contributed by atoms with Crippen LogP contribution < -0.4 is 5.73 Å². The van der Waals surface area contributed by atoms with Gasteiger partial charge in [0.15, 0.2) is 0 Å². The van der Waals surface area contributed by atoms with Gasteiger partial charge in [-0.1, -0.05) is 26.0 Å². The molecule has 17 heavy (non-hydrogen) atoms. The largest absolute Gasteiger partial charge is 0.465 e. The first-order valence-electron chi connectivity index (χ1n) is 5.58. The Bertz CT molecular complexity index is 387. The van der Waals surface area contributed by atoms with Gasteiger partial charge < -0.3 is 10.5 Å². The highest BCUT2D eigenvalue weighted by Gasteiger charge is 2.34. The fourth-order valence-electron chi connectivity index (χ4n) is 1.59. The molecule has 0 amide bonds. The van der Waals surface area contributed by atoms with Gasteiger partial charge in [0, 0.05) is 5.41 Å². The third-order valence-corrected chi connectivity index (χ3v) is 2.91. The lowest BCUT2D eigenvalue weighted by molar-refractivity contribution is -0.146. The lowest BCUT2D eigenvalue weighted by Gasteiger charge is -2.30. The Balaban J connectivity index is 2.93. The second kappa shape index (κ2) is 5.27. The Morgan fingerprint density at radius 2 is 1.94 bits per heavy atom. The normalized spacial score (nSPS) is 13.2. The van der Waals surface area contributed by atoms with Crippen LogP contribution >= 0.6 is 0 Å². The molecule has 0 aliphatic carbocycles. The van der Waals surface area contributed by atoms with Crippen molar-refractivity contribution < 1.29 is 13.9 Å². The highest BCUT2D eigenvalue weighted by molar-refractivity contribution is 5.77. The molecular formula is C13H18FNO2. The molecule has 1 rings (SSSR count). The van der Waals surface area contributed by atoms with Crippen LogP contribution in [0, 0.1) is 5.82 Å². The van der Waals surface area contributed by atoms with Gasteiger partial charge in [0.25, 0.3) is 0 Å². The second-order valence-corrected chi connectivity index (χ2v) is 4.46. The van der Waals surface area contributed by atoms with E-state index in [1.165, 1.54) is 12.1 Å². The Kier molecular flexibility index (Phi) is 4.23. The summed E-state index contributed by atoms with van der Waals surface area (Å²) in [5.41, 5.74) is 6.09. The maximum absolute atomic E-state index is 12.8. The fourth-order valence-corrected chi connectivity index (χ4v) is 1.59. The highest BCUT2D eigenvalue weighted by Crippen LogP contribution is 2.26. The predicted octanol–water partition coefficient (Wildman–Crippen LogP) is 1.99. The maximum Gasteiger partial charge on any atom is 0.323 e. The second-order valence-electron chi connectivity index (χ2n) is 4.46. The van der Waals surface area contributed by atoms with Crippen molar-refractivity contribution in [2.75, 3.05) is 6.61 Å². The summed E-state index contributed by atoms with van der Waals surface area (Å²) >= 11 is 0. The van der Waals surface area contributed by atoms with Gasteiger partial charge in [0.05, 0.1) is 6.61 Å². The first-order valence-corrected chi connectivity index (χ1v) is 5.58. The molecule has 0 aliphatic rings. The molecule has 1 unspecified atom stereocenters. The Hall–Kier alpha value is -1.42. The quantitative estimate of drug-likeness (QED) is 0.817. The van der Waals surface area contributed by atoms with E-state index in [0.29, 0.717) is 6.61 Å². The minimum Gasteiger partial charge on any atom is -0.465 e. The summed E-state index contributed by atoms with van der Waals surface area (Å²) in [7, 11) is 0. The molecule has 0 aromatic heterocycles. The van der Waals surface area contributed by atoms with E-state index < -0.39 is 17.4 Å². The van der Waals surface area contributed by atoms with E-state index in [2.05, 4.69) is 0 Å². The molecule has 0 spiro atoms. The molecule has 0 heterocycles. The number of carbonyl (C=O) groups is 1. The molecular weight excluding hydrogens is 221 g/mol. The Morgan fingerprint density at radius 3 is 2.41 bits per heavy atom. The molecule has 0 radical (unpaired) electrons. The standard InChI is InChI=1S/C13H18FNO2/c1-4-17-12(16)11(15)13(2,3)9-5-7-10(14)8-6-9/h5-8,11H,4,15H2,1-3H3. The number of hydrogen-bond acceptors (Lipinski definition) is 3. The van der Waals surface area contributed by atoms with Crippen molar-refractivity contribution >= 4 is 5.97 Å². The van der Waals surface area contributed by atoms with Crippen molar-refractivity contribution in [3.8, 4) is 0 Å². The van der Waals surface area contributed by atoms with E-state index in [9.17, 15) is 9.18 Å². The lowest BCUT2D eigenvalue weighted by Crippen LogP contribution is -2.47. The molecule has 0 bridgehead atoms. The number of ether oxygens (including phenoxy) is 1. The van der Waals surface area contributed by atoms with E-state index >= 15 is 0 Å². The van der Waals surface area contributed by atoms with Crippen molar-refractivity contribution in [2.24, 2.45) is 5.73 Å². The summed E-state index contributed by atoms with van der Waals surface area (Å²) in [5.74, 6) is -0.754. The van der Waals surface area contributed by atoms with Gasteiger partial charge in [0.2, 0.25) is 0 Å². The first-order chi connectivity index (χ1) is 7.89. The van der Waals surface area contributed by atoms with Crippen LogP contribution in [0.15, 0.2) is 24.3 Å². The fraction of sp³-hybridized carbons (Fsp3) is 0.462. The zero-order chi connectivity index (χ0) is 13.1. The minimum atomic E-state index is -0.770. The predicted molar refractivity (Wildman–Crippen MR) is 64.0 cm³/mol. The van der Waals surface area contributed by atoms with Crippen molar-refractivity contribution in [2.45, 2.75) is 32.2 Å². The van der Waals surface area contributed by atoms with Crippen LogP contribution in [0.4, 0.5) is 4.39 Å². The lowest BCUT2D eigenvalue weighted by atomic mass is 9.78. The molecule has 94 valence electrons. The van der Waals surface area contributed by atoms with Gasteiger partial charge in [-0.15, -0.1) is 0 Å². The monoisotopic (exact) mass is 239 g/mol. The summed E-state index contributed by atoms with van der Waals surface area (Å²) in [6.45, 7) is 5.70. The van der Waals surface area contributed by atoms with Crippen LogP contribution in [0.3, 0.4) is 0 Å². The SMILES string of the molecule is CCOC(=O)C(N)C(C)(C)c1ccc(F)cc1. The van der Waals surface area contributed by atoms with Crippen molar-refractivity contribution in [1.82, 2.24) is 0 Å². The third kappa shape index (κ3) is 3.03.